The Kier molecular flexibility index (Phi) is 6.51. The molecule has 2 heterocycles. The summed E-state index contributed by atoms with van der Waals surface area (Å²) in [5, 5.41) is 10.5. The molecule has 0 aliphatic carbocycles. The zero-order chi connectivity index (χ0) is 21.0. The molecule has 3 heteroatoms. The molecular formula is C27H34ClN2+. The van der Waals surface area contributed by atoms with Crippen molar-refractivity contribution in [1.82, 2.24) is 0 Å². The van der Waals surface area contributed by atoms with Crippen LogP contribution in [0.4, 0.5) is 0 Å². The van der Waals surface area contributed by atoms with Crippen molar-refractivity contribution in [2.45, 2.75) is 62.4 Å². The van der Waals surface area contributed by atoms with Gasteiger partial charge in [0.15, 0.2) is 0 Å². The van der Waals surface area contributed by atoms with Crippen LogP contribution in [-0.4, -0.2) is 36.0 Å². The van der Waals surface area contributed by atoms with Gasteiger partial charge in [0, 0.05) is 31.6 Å². The molecule has 158 valence electrons. The minimum atomic E-state index is -0.564. The lowest BCUT2D eigenvalue weighted by atomic mass is 9.67. The van der Waals surface area contributed by atoms with Crippen molar-refractivity contribution in [3.63, 3.8) is 0 Å². The van der Waals surface area contributed by atoms with E-state index in [0.29, 0.717) is 5.92 Å². The summed E-state index contributed by atoms with van der Waals surface area (Å²) in [7, 11) is 2.48. The third-order valence-electron chi connectivity index (χ3n) is 8.05. The van der Waals surface area contributed by atoms with E-state index in [4.69, 9.17) is 11.6 Å². The number of halogens is 1. The zero-order valence-electron chi connectivity index (χ0n) is 18.1. The number of nitriles is 1. The smallest absolute Gasteiger partial charge is 0.107 e. The molecule has 2 aliphatic rings. The van der Waals surface area contributed by atoms with Crippen molar-refractivity contribution in [3.05, 3.63) is 71.8 Å². The molecule has 2 saturated heterocycles. The highest BCUT2D eigenvalue weighted by Crippen LogP contribution is 2.48. The van der Waals surface area contributed by atoms with Crippen LogP contribution in [0.3, 0.4) is 0 Å². The van der Waals surface area contributed by atoms with Gasteiger partial charge in [-0.15, -0.1) is 11.6 Å². The van der Waals surface area contributed by atoms with Crippen molar-refractivity contribution in [3.8, 4) is 6.07 Å². The number of fused-ring (bicyclic) bond motifs is 2. The first-order valence-corrected chi connectivity index (χ1v) is 12.1. The van der Waals surface area contributed by atoms with Gasteiger partial charge in [-0.05, 0) is 36.3 Å². The van der Waals surface area contributed by atoms with Crippen molar-refractivity contribution in [2.75, 3.05) is 19.5 Å². The van der Waals surface area contributed by atoms with E-state index in [1.54, 1.807) is 0 Å². The third kappa shape index (κ3) is 3.91. The summed E-state index contributed by atoms with van der Waals surface area (Å²) in [6, 6.07) is 25.2. The summed E-state index contributed by atoms with van der Waals surface area (Å²) < 4.78 is 1.24. The number of benzene rings is 2. The highest BCUT2D eigenvalue weighted by molar-refractivity contribution is 6.17. The number of unbranched alkanes of at least 4 members (excludes halogenated alkanes) is 1. The van der Waals surface area contributed by atoms with Crippen LogP contribution in [-0.2, 0) is 5.41 Å². The summed E-state index contributed by atoms with van der Waals surface area (Å²) in [5.74, 6) is 1.37. The van der Waals surface area contributed by atoms with Crippen molar-refractivity contribution >= 4 is 11.6 Å². The summed E-state index contributed by atoms with van der Waals surface area (Å²) in [5.41, 5.74) is 1.71. The molecular weight excluding hydrogens is 388 g/mol. The Bertz CT molecular complexity index is 804. The van der Waals surface area contributed by atoms with E-state index in [1.807, 2.05) is 12.1 Å². The van der Waals surface area contributed by atoms with E-state index in [-0.39, 0.29) is 0 Å². The molecule has 0 N–H and O–H groups in total. The predicted octanol–water partition coefficient (Wildman–Crippen LogP) is 6.29. The van der Waals surface area contributed by atoms with Gasteiger partial charge in [0.1, 0.15) is 5.41 Å². The molecule has 1 unspecified atom stereocenters. The highest BCUT2D eigenvalue weighted by atomic mass is 35.5. The van der Waals surface area contributed by atoms with Crippen LogP contribution in [0, 0.1) is 17.2 Å². The van der Waals surface area contributed by atoms with E-state index in [1.165, 1.54) is 43.1 Å². The molecule has 2 nitrogen and oxygen atoms in total. The van der Waals surface area contributed by atoms with Gasteiger partial charge in [-0.3, -0.25) is 0 Å². The number of nitrogens with zero attached hydrogens (tertiary/aromatic N) is 2. The average molecular weight is 422 g/mol. The van der Waals surface area contributed by atoms with Crippen LogP contribution in [0.2, 0.25) is 0 Å². The topological polar surface area (TPSA) is 23.8 Å². The van der Waals surface area contributed by atoms with Crippen LogP contribution in [0.5, 0.6) is 0 Å². The summed E-state index contributed by atoms with van der Waals surface area (Å²) in [6.07, 6.45) is 8.45. The number of hydrogen-bond donors (Lipinski definition) is 0. The first-order chi connectivity index (χ1) is 14.6. The minimum absolute atomic E-state index is 0.564. The Hall–Kier alpha value is -1.82. The van der Waals surface area contributed by atoms with Crippen LogP contribution in [0.1, 0.15) is 56.1 Å². The molecule has 4 atom stereocenters. The summed E-state index contributed by atoms with van der Waals surface area (Å²) in [6.45, 7) is 1.26. The maximum Gasteiger partial charge on any atom is 0.107 e. The number of quaternary nitrogens is 1. The summed E-state index contributed by atoms with van der Waals surface area (Å²) >= 11 is 5.94. The largest absolute Gasteiger partial charge is 0.321 e. The fourth-order valence-electron chi connectivity index (χ4n) is 6.39. The van der Waals surface area contributed by atoms with Crippen LogP contribution < -0.4 is 0 Å². The zero-order valence-corrected chi connectivity index (χ0v) is 18.9. The second kappa shape index (κ2) is 9.13. The van der Waals surface area contributed by atoms with Gasteiger partial charge in [0.2, 0.25) is 0 Å². The standard InChI is InChI=1S/C27H34ClN2/c1-30(17-9-8-16-28)25-14-15-26(30)19-22(18-25)20-27(21-29,23-10-4-2-5-11-23)24-12-6-3-7-13-24/h2-7,10-13,22,25-26H,8-9,14-20H2,1H3/q+1/t22-,25+,26-,30?. The lowest BCUT2D eigenvalue weighted by Gasteiger charge is -2.48. The molecule has 2 aliphatic heterocycles. The third-order valence-corrected chi connectivity index (χ3v) is 8.32. The van der Waals surface area contributed by atoms with E-state index in [0.717, 1.165) is 41.9 Å². The van der Waals surface area contributed by atoms with E-state index in [9.17, 15) is 5.26 Å². The average Bonchev–Trinajstić information content (AvgIpc) is 2.95. The Morgan fingerprint density at radius 3 is 1.93 bits per heavy atom. The quantitative estimate of drug-likeness (QED) is 0.279. The maximum absolute atomic E-state index is 10.5. The second-order valence-electron chi connectivity index (χ2n) is 9.64. The second-order valence-corrected chi connectivity index (χ2v) is 10.0. The molecule has 2 bridgehead atoms. The number of hydrogen-bond acceptors (Lipinski definition) is 1. The van der Waals surface area contributed by atoms with E-state index < -0.39 is 5.41 Å². The number of rotatable bonds is 8. The maximum atomic E-state index is 10.5. The Balaban J connectivity index is 1.59. The predicted molar refractivity (Wildman–Crippen MR) is 124 cm³/mol. The molecule has 0 radical (unpaired) electrons. The molecule has 2 fully saturated rings. The van der Waals surface area contributed by atoms with Gasteiger partial charge in [-0.25, -0.2) is 0 Å². The van der Waals surface area contributed by atoms with Gasteiger partial charge in [-0.2, -0.15) is 5.26 Å². The molecule has 4 rings (SSSR count). The van der Waals surface area contributed by atoms with Gasteiger partial charge in [0.05, 0.1) is 31.7 Å². The fourth-order valence-corrected chi connectivity index (χ4v) is 6.58. The van der Waals surface area contributed by atoms with Gasteiger partial charge in [0.25, 0.3) is 0 Å². The first kappa shape index (κ1) is 21.4. The van der Waals surface area contributed by atoms with Crippen LogP contribution in [0.15, 0.2) is 60.7 Å². The monoisotopic (exact) mass is 421 g/mol. The van der Waals surface area contributed by atoms with Crippen LogP contribution >= 0.6 is 11.6 Å². The lowest BCUT2D eigenvalue weighted by molar-refractivity contribution is -0.949. The summed E-state index contributed by atoms with van der Waals surface area (Å²) in [4.78, 5) is 0. The Morgan fingerprint density at radius 1 is 0.933 bits per heavy atom. The van der Waals surface area contributed by atoms with Crippen molar-refractivity contribution in [1.29, 1.82) is 5.26 Å². The van der Waals surface area contributed by atoms with Gasteiger partial charge >= 0.3 is 0 Å². The van der Waals surface area contributed by atoms with Crippen LogP contribution in [0.25, 0.3) is 0 Å². The van der Waals surface area contributed by atoms with Gasteiger partial charge in [-0.1, -0.05) is 60.7 Å². The Labute approximate surface area is 187 Å². The van der Waals surface area contributed by atoms with E-state index >= 15 is 0 Å². The molecule has 0 saturated carbocycles. The SMILES string of the molecule is C[N+]1(CCCCCl)[C@@H]2CC[C@H]1C[C@@H](CC(C#N)(c1ccccc1)c1ccccc1)C2. The number of alkyl halides is 1. The molecule has 2 aromatic rings. The van der Waals surface area contributed by atoms with Gasteiger partial charge < -0.3 is 4.48 Å². The van der Waals surface area contributed by atoms with Crippen molar-refractivity contribution in [2.24, 2.45) is 5.92 Å². The molecule has 0 amide bonds. The minimum Gasteiger partial charge on any atom is -0.321 e. The molecule has 2 aromatic carbocycles. The normalized spacial score (nSPS) is 28.2. The highest BCUT2D eigenvalue weighted by Gasteiger charge is 2.52. The molecule has 0 aromatic heterocycles. The van der Waals surface area contributed by atoms with E-state index in [2.05, 4.69) is 61.6 Å². The molecule has 0 spiro atoms. The lowest BCUT2D eigenvalue weighted by Crippen LogP contribution is -2.58. The fraction of sp³-hybridized carbons (Fsp3) is 0.519. The first-order valence-electron chi connectivity index (χ1n) is 11.6. The van der Waals surface area contributed by atoms with Crippen molar-refractivity contribution < 1.29 is 4.48 Å². The Morgan fingerprint density at radius 2 is 1.47 bits per heavy atom. The number of piperidine rings is 1. The molecule has 30 heavy (non-hydrogen) atoms.